The molecule has 1 N–H and O–H groups in total. The second-order valence-corrected chi connectivity index (χ2v) is 5.65. The van der Waals surface area contributed by atoms with Crippen molar-refractivity contribution in [2.45, 2.75) is 4.90 Å². The quantitative estimate of drug-likeness (QED) is 0.732. The van der Waals surface area contributed by atoms with Gasteiger partial charge < -0.3 is 14.5 Å². The van der Waals surface area contributed by atoms with Crippen LogP contribution in [0.5, 0.6) is 11.5 Å². The fourth-order valence-corrected chi connectivity index (χ4v) is 3.11. The van der Waals surface area contributed by atoms with E-state index in [9.17, 15) is 0 Å². The van der Waals surface area contributed by atoms with Gasteiger partial charge in [-0.05, 0) is 12.3 Å². The molecule has 106 valence electrons. The molecule has 4 rings (SSSR count). The molecule has 0 atom stereocenters. The molecule has 0 radical (unpaired) electrons. The van der Waals surface area contributed by atoms with Crippen molar-refractivity contribution < 1.29 is 9.47 Å². The molecular formula is C16H14N2O2S. The van der Waals surface area contributed by atoms with Crippen molar-refractivity contribution in [1.82, 2.24) is 9.97 Å². The van der Waals surface area contributed by atoms with E-state index in [0.717, 1.165) is 33.9 Å². The standard InChI is InChI=1S/C16H14N2O2S/c1-21-15-5-3-2-4-10(15)16-17-11-8-13-14(9-12(11)18-16)20-7-6-19-13/h2-5,8-9H,6-7H2,1H3,(H,17,18). The minimum absolute atomic E-state index is 0.588. The molecule has 2 aromatic carbocycles. The Morgan fingerprint density at radius 2 is 1.86 bits per heavy atom. The first-order valence-electron chi connectivity index (χ1n) is 6.78. The Labute approximate surface area is 126 Å². The zero-order valence-electron chi connectivity index (χ0n) is 11.6. The first-order chi connectivity index (χ1) is 10.3. The van der Waals surface area contributed by atoms with Gasteiger partial charge in [0.05, 0.1) is 11.0 Å². The summed E-state index contributed by atoms with van der Waals surface area (Å²) in [6.07, 6.45) is 2.07. The average Bonchev–Trinajstić information content (AvgIpc) is 2.95. The number of fused-ring (bicyclic) bond motifs is 2. The van der Waals surface area contributed by atoms with Gasteiger partial charge >= 0.3 is 0 Å². The van der Waals surface area contributed by atoms with Gasteiger partial charge in [0, 0.05) is 22.6 Å². The van der Waals surface area contributed by atoms with Gasteiger partial charge in [-0.1, -0.05) is 18.2 Å². The molecule has 0 saturated carbocycles. The van der Waals surface area contributed by atoms with Crippen LogP contribution < -0.4 is 9.47 Å². The number of hydrogen-bond acceptors (Lipinski definition) is 4. The van der Waals surface area contributed by atoms with Gasteiger partial charge in [-0.25, -0.2) is 4.98 Å². The smallest absolute Gasteiger partial charge is 0.163 e. The number of hydrogen-bond donors (Lipinski definition) is 1. The topological polar surface area (TPSA) is 47.1 Å². The molecule has 1 aromatic heterocycles. The zero-order valence-corrected chi connectivity index (χ0v) is 12.4. The van der Waals surface area contributed by atoms with Gasteiger partial charge in [-0.15, -0.1) is 11.8 Å². The Kier molecular flexibility index (Phi) is 3.00. The number of thioether (sulfide) groups is 1. The maximum atomic E-state index is 5.61. The van der Waals surface area contributed by atoms with Gasteiger partial charge in [0.25, 0.3) is 0 Å². The van der Waals surface area contributed by atoms with Crippen LogP contribution in [0.15, 0.2) is 41.3 Å². The number of imidazole rings is 1. The number of ether oxygens (including phenoxy) is 2. The van der Waals surface area contributed by atoms with E-state index >= 15 is 0 Å². The predicted molar refractivity (Wildman–Crippen MR) is 84.3 cm³/mol. The third-order valence-electron chi connectivity index (χ3n) is 3.51. The van der Waals surface area contributed by atoms with Crippen molar-refractivity contribution in [3.63, 3.8) is 0 Å². The highest BCUT2D eigenvalue weighted by molar-refractivity contribution is 7.98. The predicted octanol–water partition coefficient (Wildman–Crippen LogP) is 3.72. The summed E-state index contributed by atoms with van der Waals surface area (Å²) < 4.78 is 11.2. The van der Waals surface area contributed by atoms with Gasteiger partial charge in [-0.3, -0.25) is 0 Å². The van der Waals surface area contributed by atoms with Crippen LogP contribution in [0.3, 0.4) is 0 Å². The molecule has 0 fully saturated rings. The summed E-state index contributed by atoms with van der Waals surface area (Å²) in [7, 11) is 0. The van der Waals surface area contributed by atoms with Crippen LogP contribution in [-0.2, 0) is 0 Å². The second-order valence-electron chi connectivity index (χ2n) is 4.80. The minimum Gasteiger partial charge on any atom is -0.486 e. The maximum absolute atomic E-state index is 5.61. The van der Waals surface area contributed by atoms with E-state index in [-0.39, 0.29) is 0 Å². The van der Waals surface area contributed by atoms with E-state index in [2.05, 4.69) is 23.4 Å². The number of benzene rings is 2. The number of aromatic nitrogens is 2. The maximum Gasteiger partial charge on any atom is 0.163 e. The highest BCUT2D eigenvalue weighted by atomic mass is 32.2. The molecule has 0 aliphatic carbocycles. The summed E-state index contributed by atoms with van der Waals surface area (Å²) in [5, 5.41) is 0. The summed E-state index contributed by atoms with van der Waals surface area (Å²) in [4.78, 5) is 9.27. The largest absolute Gasteiger partial charge is 0.486 e. The van der Waals surface area contributed by atoms with E-state index in [0.29, 0.717) is 13.2 Å². The Bertz CT molecular complexity index is 770. The van der Waals surface area contributed by atoms with Crippen molar-refractivity contribution >= 4 is 22.8 Å². The molecule has 0 bridgehead atoms. The van der Waals surface area contributed by atoms with Crippen LogP contribution in [0.4, 0.5) is 0 Å². The summed E-state index contributed by atoms with van der Waals surface area (Å²) in [6, 6.07) is 12.1. The molecule has 0 saturated heterocycles. The third-order valence-corrected chi connectivity index (χ3v) is 4.30. The van der Waals surface area contributed by atoms with Crippen LogP contribution in [0.2, 0.25) is 0 Å². The SMILES string of the molecule is CSc1ccccc1-c1nc2cc3c(cc2[nH]1)OCCO3. The highest BCUT2D eigenvalue weighted by Gasteiger charge is 2.16. The Balaban J connectivity index is 1.87. The van der Waals surface area contributed by atoms with Crippen molar-refractivity contribution in [3.05, 3.63) is 36.4 Å². The van der Waals surface area contributed by atoms with Gasteiger partial charge in [0.15, 0.2) is 11.5 Å². The van der Waals surface area contributed by atoms with E-state index in [1.807, 2.05) is 24.3 Å². The van der Waals surface area contributed by atoms with Gasteiger partial charge in [0.2, 0.25) is 0 Å². The lowest BCUT2D eigenvalue weighted by molar-refractivity contribution is 0.172. The van der Waals surface area contributed by atoms with Crippen LogP contribution in [0, 0.1) is 0 Å². The summed E-state index contributed by atoms with van der Waals surface area (Å²) >= 11 is 1.72. The van der Waals surface area contributed by atoms with Crippen molar-refractivity contribution in [1.29, 1.82) is 0 Å². The van der Waals surface area contributed by atoms with Crippen LogP contribution in [0.25, 0.3) is 22.4 Å². The van der Waals surface area contributed by atoms with Crippen molar-refractivity contribution in [3.8, 4) is 22.9 Å². The van der Waals surface area contributed by atoms with E-state index < -0.39 is 0 Å². The third kappa shape index (κ3) is 2.14. The fourth-order valence-electron chi connectivity index (χ4n) is 2.51. The zero-order chi connectivity index (χ0) is 14.2. The van der Waals surface area contributed by atoms with Crippen LogP contribution >= 0.6 is 11.8 Å². The molecule has 0 spiro atoms. The van der Waals surface area contributed by atoms with Crippen molar-refractivity contribution in [2.24, 2.45) is 0 Å². The lowest BCUT2D eigenvalue weighted by Crippen LogP contribution is -2.15. The van der Waals surface area contributed by atoms with E-state index in [1.165, 1.54) is 4.90 Å². The minimum atomic E-state index is 0.588. The number of nitrogens with zero attached hydrogens (tertiary/aromatic N) is 1. The lowest BCUT2D eigenvalue weighted by atomic mass is 10.2. The molecule has 2 heterocycles. The molecule has 0 unspecified atom stereocenters. The van der Waals surface area contributed by atoms with Crippen LogP contribution in [-0.4, -0.2) is 29.4 Å². The first kappa shape index (κ1) is 12.6. The van der Waals surface area contributed by atoms with E-state index in [1.54, 1.807) is 11.8 Å². The molecule has 5 heteroatoms. The average molecular weight is 298 g/mol. The fraction of sp³-hybridized carbons (Fsp3) is 0.188. The highest BCUT2D eigenvalue weighted by Crippen LogP contribution is 2.36. The number of rotatable bonds is 2. The van der Waals surface area contributed by atoms with Gasteiger partial charge in [-0.2, -0.15) is 0 Å². The number of H-pyrrole nitrogens is 1. The molecular weight excluding hydrogens is 284 g/mol. The Morgan fingerprint density at radius 3 is 2.67 bits per heavy atom. The summed E-state index contributed by atoms with van der Waals surface area (Å²) in [5.41, 5.74) is 2.97. The van der Waals surface area contributed by atoms with E-state index in [4.69, 9.17) is 14.5 Å². The molecule has 1 aliphatic rings. The molecule has 1 aliphatic heterocycles. The first-order valence-corrected chi connectivity index (χ1v) is 8.00. The normalized spacial score (nSPS) is 13.6. The molecule has 4 nitrogen and oxygen atoms in total. The Hall–Kier alpha value is -2.14. The monoisotopic (exact) mass is 298 g/mol. The Morgan fingerprint density at radius 1 is 1.10 bits per heavy atom. The molecule has 21 heavy (non-hydrogen) atoms. The number of nitrogens with one attached hydrogen (secondary N) is 1. The second kappa shape index (κ2) is 5.00. The summed E-state index contributed by atoms with van der Waals surface area (Å²) in [6.45, 7) is 1.18. The number of aromatic amines is 1. The summed E-state index contributed by atoms with van der Waals surface area (Å²) in [5.74, 6) is 2.42. The van der Waals surface area contributed by atoms with Crippen molar-refractivity contribution in [2.75, 3.05) is 19.5 Å². The van der Waals surface area contributed by atoms with Crippen LogP contribution in [0.1, 0.15) is 0 Å². The molecule has 3 aromatic rings. The lowest BCUT2D eigenvalue weighted by Gasteiger charge is -2.17. The van der Waals surface area contributed by atoms with Gasteiger partial charge in [0.1, 0.15) is 19.0 Å². The molecule has 0 amide bonds.